The van der Waals surface area contributed by atoms with Crippen LogP contribution in [0.5, 0.6) is 0 Å². The number of hydrogen-bond donors (Lipinski definition) is 0. The second-order valence-corrected chi connectivity index (χ2v) is 13.9. The monoisotopic (exact) mass is 644 g/mol. The van der Waals surface area contributed by atoms with Crippen molar-refractivity contribution in [3.8, 4) is 37.7 Å². The summed E-state index contributed by atoms with van der Waals surface area (Å²) in [7, 11) is 0. The van der Waals surface area contributed by atoms with Crippen molar-refractivity contribution in [3.05, 3.63) is 170 Å². The summed E-state index contributed by atoms with van der Waals surface area (Å²) in [5, 5.41) is 5.16. The summed E-state index contributed by atoms with van der Waals surface area (Å²) in [6.07, 6.45) is 8.87. The first-order valence-corrected chi connectivity index (χ1v) is 17.8. The van der Waals surface area contributed by atoms with E-state index in [-0.39, 0.29) is 0 Å². The molecular weight excluding hydrogens is 613 g/mol. The van der Waals surface area contributed by atoms with Gasteiger partial charge >= 0.3 is 0 Å². The second kappa shape index (κ2) is 11.4. The van der Waals surface area contributed by atoms with E-state index >= 15 is 0 Å². The lowest BCUT2D eigenvalue weighted by Crippen LogP contribution is -1.99. The Morgan fingerprint density at radius 3 is 1.84 bits per heavy atom. The van der Waals surface area contributed by atoms with Gasteiger partial charge in [-0.2, -0.15) is 0 Å². The molecule has 0 spiro atoms. The summed E-state index contributed by atoms with van der Waals surface area (Å²) in [5.41, 5.74) is 12.5. The van der Waals surface area contributed by atoms with Crippen LogP contribution in [0.2, 0.25) is 0 Å². The fourth-order valence-electron chi connectivity index (χ4n) is 7.87. The first-order valence-electron chi connectivity index (χ1n) is 17.0. The van der Waals surface area contributed by atoms with Crippen LogP contribution < -0.4 is 0 Å². The van der Waals surface area contributed by atoms with Crippen LogP contribution in [0.4, 0.5) is 0 Å². The molecule has 232 valence electrons. The Balaban J connectivity index is 1.12. The largest absolute Gasteiger partial charge is 0.312 e. The number of hydrogen-bond acceptors (Lipinski definition) is 1. The molecule has 0 aliphatic heterocycles. The lowest BCUT2D eigenvalue weighted by Gasteiger charge is -2.15. The van der Waals surface area contributed by atoms with E-state index in [4.69, 9.17) is 0 Å². The van der Waals surface area contributed by atoms with Crippen molar-refractivity contribution >= 4 is 60.6 Å². The van der Waals surface area contributed by atoms with Gasteiger partial charge in [-0.05, 0) is 72.5 Å². The number of benzene rings is 6. The molecule has 0 bridgehead atoms. The molecule has 0 N–H and O–H groups in total. The van der Waals surface area contributed by atoms with Crippen molar-refractivity contribution in [2.45, 2.75) is 12.8 Å². The Labute approximate surface area is 289 Å². The van der Waals surface area contributed by atoms with Gasteiger partial charge in [-0.25, -0.2) is 0 Å². The molecule has 0 fully saturated rings. The number of nitrogens with zero attached hydrogens (tertiary/aromatic N) is 2. The number of allylic oxidation sites excluding steroid dienone is 4. The number of thiophene rings is 1. The van der Waals surface area contributed by atoms with Crippen LogP contribution in [-0.4, -0.2) is 9.13 Å². The number of fused-ring (bicyclic) bond motifs is 6. The first kappa shape index (κ1) is 28.1. The molecule has 0 saturated heterocycles. The van der Waals surface area contributed by atoms with Gasteiger partial charge in [0.05, 0.1) is 22.1 Å². The third-order valence-corrected chi connectivity index (χ3v) is 11.2. The van der Waals surface area contributed by atoms with Crippen LogP contribution >= 0.6 is 11.3 Å². The van der Waals surface area contributed by atoms with Crippen molar-refractivity contribution in [2.24, 2.45) is 0 Å². The Bertz CT molecular complexity index is 2770. The molecule has 0 atom stereocenters. The predicted octanol–water partition coefficient (Wildman–Crippen LogP) is 13.1. The van der Waals surface area contributed by atoms with Gasteiger partial charge in [-0.3, -0.25) is 0 Å². The molecule has 3 aromatic heterocycles. The zero-order valence-electron chi connectivity index (χ0n) is 26.9. The standard InChI is InChI=1S/C46H32N2S/c1-3-16-33(17-4-1)47-41-26-9-7-20-36(41)38-23-12-22-35(45(38)47)31-14-11-15-32(30-31)43-28-29-44(49-43)40-25-13-24-39-37-21-8-10-27-42(37)48(46(39)40)34-18-5-2-6-19-34/h1-5,7-18,20-30H,6,19H2. The SMILES string of the molecule is C1=CCCC(n2c3ccccc3c3cccc(-c4ccc(-c5cccc(-c6cccc7c8ccccc8n(-c8ccccc8)c67)c5)s4)c32)=C1. The van der Waals surface area contributed by atoms with Gasteiger partial charge in [0, 0.05) is 53.8 Å². The van der Waals surface area contributed by atoms with E-state index in [1.54, 1.807) is 0 Å². The molecule has 2 nitrogen and oxygen atoms in total. The molecular formula is C46H32N2S. The van der Waals surface area contributed by atoms with Gasteiger partial charge in [0.1, 0.15) is 0 Å². The van der Waals surface area contributed by atoms with E-state index in [2.05, 4.69) is 179 Å². The van der Waals surface area contributed by atoms with Crippen molar-refractivity contribution < 1.29 is 0 Å². The zero-order chi connectivity index (χ0) is 32.3. The highest BCUT2D eigenvalue weighted by atomic mass is 32.1. The summed E-state index contributed by atoms with van der Waals surface area (Å²) < 4.78 is 4.93. The van der Waals surface area contributed by atoms with Gasteiger partial charge in [0.2, 0.25) is 0 Å². The first-order chi connectivity index (χ1) is 24.3. The molecule has 9 aromatic rings. The van der Waals surface area contributed by atoms with Gasteiger partial charge in [-0.15, -0.1) is 11.3 Å². The van der Waals surface area contributed by atoms with Crippen LogP contribution in [-0.2, 0) is 0 Å². The number of para-hydroxylation sites is 5. The van der Waals surface area contributed by atoms with Crippen molar-refractivity contribution in [2.75, 3.05) is 0 Å². The number of rotatable bonds is 5. The number of aromatic nitrogens is 2. The summed E-state index contributed by atoms with van der Waals surface area (Å²) in [5.74, 6) is 0. The molecule has 49 heavy (non-hydrogen) atoms. The highest BCUT2D eigenvalue weighted by molar-refractivity contribution is 7.18. The van der Waals surface area contributed by atoms with Gasteiger partial charge in [-0.1, -0.05) is 121 Å². The maximum atomic E-state index is 2.51. The Hall–Kier alpha value is -5.90. The molecule has 6 aromatic carbocycles. The summed E-state index contributed by atoms with van der Waals surface area (Å²) >= 11 is 1.88. The Morgan fingerprint density at radius 1 is 0.469 bits per heavy atom. The maximum Gasteiger partial charge on any atom is 0.0624 e. The molecule has 3 heteroatoms. The molecule has 1 aliphatic carbocycles. The zero-order valence-corrected chi connectivity index (χ0v) is 27.7. The molecule has 3 heterocycles. The van der Waals surface area contributed by atoms with Crippen molar-refractivity contribution in [1.29, 1.82) is 0 Å². The maximum absolute atomic E-state index is 2.51. The highest BCUT2D eigenvalue weighted by Gasteiger charge is 2.20. The van der Waals surface area contributed by atoms with Crippen LogP contribution in [0, 0.1) is 0 Å². The van der Waals surface area contributed by atoms with Crippen LogP contribution in [0.3, 0.4) is 0 Å². The second-order valence-electron chi connectivity index (χ2n) is 12.8. The van der Waals surface area contributed by atoms with Crippen molar-refractivity contribution in [3.63, 3.8) is 0 Å². The molecule has 0 amide bonds. The summed E-state index contributed by atoms with van der Waals surface area (Å²) in [6.45, 7) is 0. The van der Waals surface area contributed by atoms with E-state index in [0.717, 1.165) is 12.8 Å². The van der Waals surface area contributed by atoms with E-state index in [9.17, 15) is 0 Å². The van der Waals surface area contributed by atoms with E-state index in [0.29, 0.717) is 0 Å². The topological polar surface area (TPSA) is 9.86 Å². The van der Waals surface area contributed by atoms with Crippen molar-refractivity contribution in [1.82, 2.24) is 9.13 Å². The Morgan fingerprint density at radius 2 is 1.08 bits per heavy atom. The molecule has 0 radical (unpaired) electrons. The third-order valence-electron chi connectivity index (χ3n) is 10.0. The minimum absolute atomic E-state index is 1.04. The molecule has 0 unspecified atom stereocenters. The third kappa shape index (κ3) is 4.47. The Kier molecular flexibility index (Phi) is 6.53. The smallest absolute Gasteiger partial charge is 0.0624 e. The van der Waals surface area contributed by atoms with Crippen LogP contribution in [0.1, 0.15) is 12.8 Å². The fraction of sp³-hybridized carbons (Fsp3) is 0.0435. The predicted molar refractivity (Wildman–Crippen MR) is 211 cm³/mol. The van der Waals surface area contributed by atoms with Crippen LogP contribution in [0.15, 0.2) is 170 Å². The molecule has 10 rings (SSSR count). The normalized spacial score (nSPS) is 13.2. The highest BCUT2D eigenvalue weighted by Crippen LogP contribution is 2.44. The molecule has 1 aliphatic rings. The van der Waals surface area contributed by atoms with Gasteiger partial charge in [0.15, 0.2) is 0 Å². The van der Waals surface area contributed by atoms with E-state index in [1.165, 1.54) is 87.0 Å². The summed E-state index contributed by atoms with van der Waals surface area (Å²) in [4.78, 5) is 2.56. The minimum atomic E-state index is 1.04. The van der Waals surface area contributed by atoms with Gasteiger partial charge in [0.25, 0.3) is 0 Å². The quantitative estimate of drug-likeness (QED) is 0.176. The van der Waals surface area contributed by atoms with E-state index in [1.807, 2.05) is 11.3 Å². The van der Waals surface area contributed by atoms with E-state index < -0.39 is 0 Å². The average Bonchev–Trinajstić information content (AvgIpc) is 3.89. The fourth-order valence-corrected chi connectivity index (χ4v) is 8.90. The summed E-state index contributed by atoms with van der Waals surface area (Å²) in [6, 6.07) is 55.6. The molecule has 0 saturated carbocycles. The lowest BCUT2D eigenvalue weighted by molar-refractivity contribution is 0.979. The van der Waals surface area contributed by atoms with Crippen LogP contribution in [0.25, 0.3) is 87.0 Å². The van der Waals surface area contributed by atoms with Gasteiger partial charge < -0.3 is 9.13 Å². The minimum Gasteiger partial charge on any atom is -0.312 e. The average molecular weight is 645 g/mol. The lowest BCUT2D eigenvalue weighted by atomic mass is 9.99.